The fraction of sp³-hybridized carbons (Fsp3) is 0.643. The third-order valence-electron chi connectivity index (χ3n) is 3.03. The van der Waals surface area contributed by atoms with Gasteiger partial charge in [0, 0.05) is 25.2 Å². The minimum atomic E-state index is -0.480. The van der Waals surface area contributed by atoms with Gasteiger partial charge in [0.25, 0.3) is 0 Å². The van der Waals surface area contributed by atoms with E-state index in [4.69, 9.17) is 0 Å². The van der Waals surface area contributed by atoms with Gasteiger partial charge in [-0.25, -0.2) is 9.78 Å². The molecule has 1 aromatic heterocycles. The molecule has 1 aromatic rings. The Morgan fingerprint density at radius 1 is 1.30 bits per heavy atom. The standard InChI is InChI=1S/C14H24N4O2/c1-10(2)18(11(3)4)7-6-16-13-9-15-8-12(17-13)14(19)20-5/h8-11H,6-7H2,1-5H3,(H,16,17). The van der Waals surface area contributed by atoms with Gasteiger partial charge < -0.3 is 10.1 Å². The van der Waals surface area contributed by atoms with Gasteiger partial charge in [-0.3, -0.25) is 9.88 Å². The zero-order chi connectivity index (χ0) is 15.1. The first-order valence-electron chi connectivity index (χ1n) is 6.85. The van der Waals surface area contributed by atoms with Gasteiger partial charge in [-0.2, -0.15) is 0 Å². The van der Waals surface area contributed by atoms with E-state index in [1.165, 1.54) is 13.3 Å². The Morgan fingerprint density at radius 2 is 1.95 bits per heavy atom. The van der Waals surface area contributed by atoms with Gasteiger partial charge in [0.05, 0.1) is 19.5 Å². The number of anilines is 1. The molecule has 0 saturated carbocycles. The van der Waals surface area contributed by atoms with Crippen molar-refractivity contribution in [3.63, 3.8) is 0 Å². The average Bonchev–Trinajstić information content (AvgIpc) is 2.42. The van der Waals surface area contributed by atoms with Crippen LogP contribution in [0.15, 0.2) is 12.4 Å². The SMILES string of the molecule is COC(=O)c1cncc(NCCN(C(C)C)C(C)C)n1. The topological polar surface area (TPSA) is 67.3 Å². The number of carbonyl (C=O) groups excluding carboxylic acids is 1. The van der Waals surface area contributed by atoms with Gasteiger partial charge in [-0.05, 0) is 27.7 Å². The number of nitrogens with one attached hydrogen (secondary N) is 1. The van der Waals surface area contributed by atoms with Crippen LogP contribution in [0.4, 0.5) is 5.82 Å². The first kappa shape index (κ1) is 16.4. The van der Waals surface area contributed by atoms with Crippen LogP contribution in [0.2, 0.25) is 0 Å². The number of rotatable bonds is 7. The van der Waals surface area contributed by atoms with Crippen molar-refractivity contribution in [2.45, 2.75) is 39.8 Å². The van der Waals surface area contributed by atoms with Gasteiger partial charge in [-0.1, -0.05) is 0 Å². The lowest BCUT2D eigenvalue weighted by molar-refractivity contribution is 0.0593. The Labute approximate surface area is 120 Å². The van der Waals surface area contributed by atoms with Crippen LogP contribution in [0, 0.1) is 0 Å². The Balaban J connectivity index is 2.55. The van der Waals surface area contributed by atoms with Crippen LogP contribution in [0.1, 0.15) is 38.2 Å². The predicted molar refractivity (Wildman–Crippen MR) is 78.8 cm³/mol. The lowest BCUT2D eigenvalue weighted by atomic mass is 10.2. The number of aromatic nitrogens is 2. The molecular formula is C14H24N4O2. The lowest BCUT2D eigenvalue weighted by Gasteiger charge is -2.30. The maximum Gasteiger partial charge on any atom is 0.358 e. The highest BCUT2D eigenvalue weighted by atomic mass is 16.5. The van der Waals surface area contributed by atoms with E-state index >= 15 is 0 Å². The average molecular weight is 280 g/mol. The fourth-order valence-electron chi connectivity index (χ4n) is 2.08. The minimum absolute atomic E-state index is 0.210. The van der Waals surface area contributed by atoms with Crippen molar-refractivity contribution in [2.24, 2.45) is 0 Å². The lowest BCUT2D eigenvalue weighted by Crippen LogP contribution is -2.40. The maximum atomic E-state index is 11.4. The maximum absolute atomic E-state index is 11.4. The van der Waals surface area contributed by atoms with Crippen LogP contribution in [-0.2, 0) is 4.74 Å². The predicted octanol–water partition coefficient (Wildman–Crippen LogP) is 1.79. The molecule has 0 spiro atoms. The van der Waals surface area contributed by atoms with Gasteiger partial charge in [0.1, 0.15) is 5.82 Å². The molecule has 0 aliphatic carbocycles. The third kappa shape index (κ3) is 4.77. The van der Waals surface area contributed by atoms with Gasteiger partial charge in [0.15, 0.2) is 5.69 Å². The highest BCUT2D eigenvalue weighted by Crippen LogP contribution is 2.06. The summed E-state index contributed by atoms with van der Waals surface area (Å²) in [6.45, 7) is 10.4. The molecule has 112 valence electrons. The Kier molecular flexibility index (Phi) is 6.38. The molecule has 0 amide bonds. The van der Waals surface area contributed by atoms with Crippen LogP contribution in [0.25, 0.3) is 0 Å². The van der Waals surface area contributed by atoms with Crippen molar-refractivity contribution < 1.29 is 9.53 Å². The molecule has 20 heavy (non-hydrogen) atoms. The molecule has 1 heterocycles. The zero-order valence-electron chi connectivity index (χ0n) is 12.9. The van der Waals surface area contributed by atoms with E-state index in [0.717, 1.165) is 13.1 Å². The summed E-state index contributed by atoms with van der Waals surface area (Å²) in [5.74, 6) is 0.104. The first-order chi connectivity index (χ1) is 9.45. The molecule has 0 unspecified atom stereocenters. The molecule has 6 heteroatoms. The van der Waals surface area contributed by atoms with Crippen LogP contribution in [0.5, 0.6) is 0 Å². The number of methoxy groups -OCH3 is 1. The molecule has 0 saturated heterocycles. The second kappa shape index (κ2) is 7.79. The van der Waals surface area contributed by atoms with E-state index in [2.05, 4.69) is 52.6 Å². The number of nitrogens with zero attached hydrogens (tertiary/aromatic N) is 3. The van der Waals surface area contributed by atoms with Gasteiger partial charge in [0.2, 0.25) is 0 Å². The van der Waals surface area contributed by atoms with Crippen molar-refractivity contribution in [2.75, 3.05) is 25.5 Å². The largest absolute Gasteiger partial charge is 0.464 e. The fourth-order valence-corrected chi connectivity index (χ4v) is 2.08. The Hall–Kier alpha value is -1.69. The van der Waals surface area contributed by atoms with Crippen molar-refractivity contribution in [1.82, 2.24) is 14.9 Å². The Morgan fingerprint density at radius 3 is 2.50 bits per heavy atom. The summed E-state index contributed by atoms with van der Waals surface area (Å²) in [6.07, 6.45) is 2.99. The van der Waals surface area contributed by atoms with E-state index in [1.54, 1.807) is 6.20 Å². The molecule has 0 aromatic carbocycles. The molecule has 0 fully saturated rings. The molecule has 0 radical (unpaired) electrons. The molecule has 0 aliphatic heterocycles. The van der Waals surface area contributed by atoms with E-state index in [1.807, 2.05) is 0 Å². The van der Waals surface area contributed by atoms with Gasteiger partial charge >= 0.3 is 5.97 Å². The normalized spacial score (nSPS) is 11.2. The Bertz CT molecular complexity index is 427. The number of hydrogen-bond acceptors (Lipinski definition) is 6. The van der Waals surface area contributed by atoms with Crippen molar-refractivity contribution in [3.05, 3.63) is 18.1 Å². The summed E-state index contributed by atoms with van der Waals surface area (Å²) >= 11 is 0. The molecule has 0 atom stereocenters. The summed E-state index contributed by atoms with van der Waals surface area (Å²) in [7, 11) is 1.33. The van der Waals surface area contributed by atoms with E-state index in [-0.39, 0.29) is 5.69 Å². The highest BCUT2D eigenvalue weighted by molar-refractivity contribution is 5.87. The van der Waals surface area contributed by atoms with E-state index in [0.29, 0.717) is 17.9 Å². The first-order valence-corrected chi connectivity index (χ1v) is 6.85. The second-order valence-electron chi connectivity index (χ2n) is 5.13. The third-order valence-corrected chi connectivity index (χ3v) is 3.03. The van der Waals surface area contributed by atoms with Crippen LogP contribution in [0.3, 0.4) is 0 Å². The zero-order valence-corrected chi connectivity index (χ0v) is 12.9. The van der Waals surface area contributed by atoms with E-state index < -0.39 is 5.97 Å². The molecule has 6 nitrogen and oxygen atoms in total. The molecule has 0 bridgehead atoms. The molecule has 1 rings (SSSR count). The number of hydrogen-bond donors (Lipinski definition) is 1. The summed E-state index contributed by atoms with van der Waals surface area (Å²) in [6, 6.07) is 0.980. The second-order valence-corrected chi connectivity index (χ2v) is 5.13. The number of esters is 1. The van der Waals surface area contributed by atoms with Crippen LogP contribution in [-0.4, -0.2) is 53.1 Å². The summed E-state index contributed by atoms with van der Waals surface area (Å²) in [4.78, 5) is 21.9. The number of ether oxygens (including phenoxy) is 1. The van der Waals surface area contributed by atoms with Crippen LogP contribution < -0.4 is 5.32 Å². The van der Waals surface area contributed by atoms with Crippen LogP contribution >= 0.6 is 0 Å². The van der Waals surface area contributed by atoms with Crippen molar-refractivity contribution in [1.29, 1.82) is 0 Å². The quantitative estimate of drug-likeness (QED) is 0.768. The molecular weight excluding hydrogens is 256 g/mol. The highest BCUT2D eigenvalue weighted by Gasteiger charge is 2.13. The molecule has 1 N–H and O–H groups in total. The number of carbonyl (C=O) groups is 1. The summed E-state index contributed by atoms with van der Waals surface area (Å²) in [5, 5.41) is 3.18. The van der Waals surface area contributed by atoms with Gasteiger partial charge in [-0.15, -0.1) is 0 Å². The monoisotopic (exact) mass is 280 g/mol. The van der Waals surface area contributed by atoms with Crippen molar-refractivity contribution in [3.8, 4) is 0 Å². The smallest absolute Gasteiger partial charge is 0.358 e. The van der Waals surface area contributed by atoms with Crippen molar-refractivity contribution >= 4 is 11.8 Å². The van der Waals surface area contributed by atoms with E-state index in [9.17, 15) is 4.79 Å². The summed E-state index contributed by atoms with van der Waals surface area (Å²) in [5.41, 5.74) is 0.210. The minimum Gasteiger partial charge on any atom is -0.464 e. The molecule has 0 aliphatic rings. The summed E-state index contributed by atoms with van der Waals surface area (Å²) < 4.78 is 4.62.